The predicted octanol–water partition coefficient (Wildman–Crippen LogP) is 10.7. The van der Waals surface area contributed by atoms with Crippen LogP contribution in [0.4, 0.5) is 5.69 Å². The van der Waals surface area contributed by atoms with Crippen molar-refractivity contribution in [1.82, 2.24) is 0 Å². The van der Waals surface area contributed by atoms with Crippen LogP contribution in [-0.4, -0.2) is 26.2 Å². The van der Waals surface area contributed by atoms with Crippen LogP contribution >= 0.6 is 39.3 Å². The van der Waals surface area contributed by atoms with E-state index in [2.05, 4.69) is 71.1 Å². The summed E-state index contributed by atoms with van der Waals surface area (Å²) in [5.74, 6) is 1.47. The van der Waals surface area contributed by atoms with E-state index in [1.807, 2.05) is 6.21 Å². The summed E-state index contributed by atoms with van der Waals surface area (Å²) >= 11 is -2.25. The number of halogens is 3. The molecule has 184 valence electrons. The first kappa shape index (κ1) is 27.2. The summed E-state index contributed by atoms with van der Waals surface area (Å²) in [6, 6.07) is 10.9. The van der Waals surface area contributed by atoms with Crippen molar-refractivity contribution in [2.75, 3.05) is 20.0 Å². The Labute approximate surface area is 215 Å². The molecule has 0 aromatic heterocycles. The fourth-order valence-electron chi connectivity index (χ4n) is 4.61. The second kappa shape index (κ2) is 11.1. The van der Waals surface area contributed by atoms with Crippen molar-refractivity contribution in [3.63, 3.8) is 0 Å². The van der Waals surface area contributed by atoms with E-state index in [-0.39, 0.29) is 0 Å². The molecule has 2 aromatic carbocycles. The fourth-order valence-corrected chi connectivity index (χ4v) is 7.57. The Kier molecular flexibility index (Phi) is 9.20. The average molecular weight is 622 g/mol. The van der Waals surface area contributed by atoms with Crippen LogP contribution in [-0.2, 0) is 0 Å². The molecule has 1 fully saturated rings. The van der Waals surface area contributed by atoms with Crippen molar-refractivity contribution >= 4 is 51.2 Å². The predicted molar refractivity (Wildman–Crippen MR) is 160 cm³/mol. The molecule has 3 rings (SSSR count). The van der Waals surface area contributed by atoms with Gasteiger partial charge in [-0.1, -0.05) is 0 Å². The minimum atomic E-state index is -2.67. The van der Waals surface area contributed by atoms with Crippen molar-refractivity contribution in [3.05, 3.63) is 58.1 Å². The van der Waals surface area contributed by atoms with Gasteiger partial charge >= 0.3 is 216 Å². The molecule has 1 aliphatic rings. The molecule has 0 atom stereocenters. The first-order chi connectivity index (χ1) is 15.4. The average Bonchev–Trinajstić information content (AvgIpc) is 2.66. The van der Waals surface area contributed by atoms with E-state index >= 15 is 0 Å². The van der Waals surface area contributed by atoms with E-state index in [0.717, 1.165) is 17.0 Å². The first-order valence-corrected chi connectivity index (χ1v) is 23.7. The van der Waals surface area contributed by atoms with Gasteiger partial charge in [-0.3, -0.25) is 0 Å². The van der Waals surface area contributed by atoms with Crippen LogP contribution in [0, 0.1) is 20.8 Å². The van der Waals surface area contributed by atoms with Crippen molar-refractivity contribution in [2.24, 2.45) is 4.99 Å². The summed E-state index contributed by atoms with van der Waals surface area (Å²) in [4.78, 5) is 4.87. The van der Waals surface area contributed by atoms with Crippen LogP contribution in [0.5, 0.6) is 5.75 Å². The number of hydrogen-bond donors (Lipinski definition) is 0. The molecule has 2 aromatic rings. The second-order valence-corrected chi connectivity index (χ2v) is 36.4. The molecule has 0 spiro atoms. The molecule has 0 saturated heterocycles. The van der Waals surface area contributed by atoms with Crippen molar-refractivity contribution in [3.8, 4) is 5.75 Å². The molecular weight excluding hydrogens is 583 g/mol. The Hall–Kier alpha value is -0.350. The monoisotopic (exact) mass is 621 g/mol. The molecule has 0 heterocycles. The Morgan fingerprint density at radius 2 is 1.39 bits per heavy atom. The van der Waals surface area contributed by atoms with Gasteiger partial charge in [-0.05, 0) is 0 Å². The minimum absolute atomic E-state index is 0.508. The maximum absolute atomic E-state index is 6.97. The van der Waals surface area contributed by atoms with Crippen LogP contribution < -0.4 is 4.52 Å². The van der Waals surface area contributed by atoms with Gasteiger partial charge in [0.2, 0.25) is 0 Å². The molecule has 0 unspecified atom stereocenters. The molecular formula is C27H39Cl2INOP. The van der Waals surface area contributed by atoms with Crippen molar-refractivity contribution < 1.29 is 4.52 Å². The van der Waals surface area contributed by atoms with Crippen molar-refractivity contribution in [2.45, 2.75) is 71.6 Å². The van der Waals surface area contributed by atoms with Gasteiger partial charge in [0.1, 0.15) is 0 Å². The summed E-state index contributed by atoms with van der Waals surface area (Å²) in [6.45, 7) is 12.9. The maximum atomic E-state index is 6.97. The molecule has 33 heavy (non-hydrogen) atoms. The number of aryl methyl sites for hydroxylation is 3. The van der Waals surface area contributed by atoms with E-state index in [1.165, 1.54) is 67.2 Å². The van der Waals surface area contributed by atoms with E-state index < -0.39 is 21.5 Å². The van der Waals surface area contributed by atoms with Crippen LogP contribution in [0.15, 0.2) is 35.3 Å². The molecule has 2 nitrogen and oxygen atoms in total. The van der Waals surface area contributed by atoms with Gasteiger partial charge in [-0.25, -0.2) is 0 Å². The third-order valence-corrected chi connectivity index (χ3v) is 33.5. The van der Waals surface area contributed by atoms with Gasteiger partial charge in [0.05, 0.1) is 0 Å². The summed E-state index contributed by atoms with van der Waals surface area (Å²) in [5.41, 5.74) is 7.02. The molecule has 1 aliphatic carbocycles. The second-order valence-electron chi connectivity index (χ2n) is 10.7. The van der Waals surface area contributed by atoms with Gasteiger partial charge in [-0.2, -0.15) is 0 Å². The fraction of sp³-hybridized carbons (Fsp3) is 0.519. The third-order valence-electron chi connectivity index (χ3n) is 6.23. The quantitative estimate of drug-likeness (QED) is 0.179. The Bertz CT molecular complexity index is 985. The molecule has 0 amide bonds. The van der Waals surface area contributed by atoms with Gasteiger partial charge in [0, 0.05) is 0 Å². The standard InChI is InChI=1S/C27H39Cl2INOP/c1-20-14-21(2)17-25(16-20)31-19-24-15-22(3)18-26(23-12-10-8-7-9-11-13-23)27(24)32-33(4,5,6)30(28)29/h14-19,23H,7-13H2,1-6H3. The Morgan fingerprint density at radius 3 is 1.97 bits per heavy atom. The molecule has 0 bridgehead atoms. The number of rotatable bonds is 6. The number of benzene rings is 2. The number of nitrogens with zero attached hydrogens (tertiary/aromatic N) is 1. The third kappa shape index (κ3) is 7.56. The molecule has 0 radical (unpaired) electrons. The van der Waals surface area contributed by atoms with E-state index in [9.17, 15) is 0 Å². The Morgan fingerprint density at radius 1 is 0.848 bits per heavy atom. The SMILES string of the molecule is Cc1cc(C)cc(N=Cc2cc(C)cc(C3CCCCCCC3)c2OP(C)(C)(C)I(Cl)Cl)c1. The first-order valence-electron chi connectivity index (χ1n) is 11.9. The van der Waals surface area contributed by atoms with Gasteiger partial charge in [0.15, 0.2) is 0 Å². The number of aliphatic imine (C=N–C) groups is 1. The van der Waals surface area contributed by atoms with Crippen LogP contribution in [0.3, 0.4) is 0 Å². The Balaban J connectivity index is 2.12. The van der Waals surface area contributed by atoms with Crippen LogP contribution in [0.25, 0.3) is 0 Å². The van der Waals surface area contributed by atoms with E-state index in [4.69, 9.17) is 27.3 Å². The zero-order valence-electron chi connectivity index (χ0n) is 20.9. The molecule has 1 saturated carbocycles. The van der Waals surface area contributed by atoms with Gasteiger partial charge in [0.25, 0.3) is 0 Å². The summed E-state index contributed by atoms with van der Waals surface area (Å²) in [7, 11) is 13.3. The summed E-state index contributed by atoms with van der Waals surface area (Å²) in [5, 5.41) is 0. The topological polar surface area (TPSA) is 21.6 Å². The number of hydrogen-bond acceptors (Lipinski definition) is 2. The molecule has 6 heteroatoms. The van der Waals surface area contributed by atoms with Gasteiger partial charge in [-0.15, -0.1) is 0 Å². The van der Waals surface area contributed by atoms with Gasteiger partial charge < -0.3 is 0 Å². The molecule has 0 aliphatic heterocycles. The van der Waals surface area contributed by atoms with E-state index in [1.54, 1.807) is 0 Å². The molecule has 0 N–H and O–H groups in total. The van der Waals surface area contributed by atoms with E-state index in [0.29, 0.717) is 5.92 Å². The normalized spacial score (nSPS) is 17.8. The zero-order chi connectivity index (χ0) is 24.2. The zero-order valence-corrected chi connectivity index (χ0v) is 25.5. The summed E-state index contributed by atoms with van der Waals surface area (Å²) < 4.78 is 4.30. The van der Waals surface area contributed by atoms with Crippen LogP contribution in [0.2, 0.25) is 0 Å². The summed E-state index contributed by atoms with van der Waals surface area (Å²) in [6.07, 6.45) is 11.0. The van der Waals surface area contributed by atoms with Crippen molar-refractivity contribution in [1.29, 1.82) is 0 Å². The van der Waals surface area contributed by atoms with Crippen LogP contribution in [0.1, 0.15) is 78.7 Å².